The van der Waals surface area contributed by atoms with Crippen LogP contribution in [0, 0.1) is 0 Å². The molecule has 3 rings (SSSR count). The Labute approximate surface area is 98.4 Å². The van der Waals surface area contributed by atoms with Gasteiger partial charge >= 0.3 is 0 Å². The summed E-state index contributed by atoms with van der Waals surface area (Å²) in [7, 11) is 0. The number of benzene rings is 2. The Morgan fingerprint density at radius 3 is 2.73 bits per heavy atom. The predicted octanol–water partition coefficient (Wildman–Crippen LogP) is 4.48. The molecule has 0 atom stereocenters. The molecule has 76 valence electrons. The van der Waals surface area contributed by atoms with E-state index in [1.807, 2.05) is 0 Å². The van der Waals surface area contributed by atoms with Crippen molar-refractivity contribution in [2.24, 2.45) is 0 Å². The zero-order chi connectivity index (χ0) is 10.3. The number of fused-ring (bicyclic) bond motifs is 3. The molecular weight excluding hydrogens is 248 g/mol. The van der Waals surface area contributed by atoms with Gasteiger partial charge in [0.1, 0.15) is 0 Å². The molecule has 0 aliphatic heterocycles. The molecule has 0 amide bonds. The van der Waals surface area contributed by atoms with Crippen molar-refractivity contribution in [3.05, 3.63) is 45.9 Å². The Balaban J connectivity index is 2.32. The monoisotopic (exact) mass is 260 g/mol. The van der Waals surface area contributed by atoms with Crippen molar-refractivity contribution >= 4 is 26.7 Å². The minimum atomic E-state index is 1.17. The standard InChI is InChI=1S/C14H13Br/c15-12-7-8-14-11(9-12)6-5-10-3-1-2-4-13(10)14/h5-9H,1-4H2. The lowest BCUT2D eigenvalue weighted by Gasteiger charge is -2.17. The predicted molar refractivity (Wildman–Crippen MR) is 68.3 cm³/mol. The van der Waals surface area contributed by atoms with E-state index in [0.29, 0.717) is 0 Å². The van der Waals surface area contributed by atoms with Crippen molar-refractivity contribution < 1.29 is 0 Å². The van der Waals surface area contributed by atoms with Crippen LogP contribution >= 0.6 is 15.9 Å². The molecule has 0 fully saturated rings. The zero-order valence-corrected chi connectivity index (χ0v) is 10.2. The van der Waals surface area contributed by atoms with E-state index in [2.05, 4.69) is 46.3 Å². The van der Waals surface area contributed by atoms with Crippen LogP contribution in [-0.4, -0.2) is 0 Å². The highest BCUT2D eigenvalue weighted by Gasteiger charge is 2.11. The molecule has 1 aliphatic carbocycles. The molecule has 0 unspecified atom stereocenters. The maximum Gasteiger partial charge on any atom is 0.0181 e. The van der Waals surface area contributed by atoms with Crippen molar-refractivity contribution in [2.45, 2.75) is 25.7 Å². The molecule has 2 aromatic carbocycles. The molecule has 0 saturated carbocycles. The summed E-state index contributed by atoms with van der Waals surface area (Å²) in [6.07, 6.45) is 5.23. The van der Waals surface area contributed by atoms with Gasteiger partial charge in [-0.2, -0.15) is 0 Å². The van der Waals surface area contributed by atoms with Crippen molar-refractivity contribution in [2.75, 3.05) is 0 Å². The average molecular weight is 261 g/mol. The Morgan fingerprint density at radius 2 is 1.80 bits per heavy atom. The second-order valence-corrected chi connectivity index (χ2v) is 5.19. The molecule has 0 saturated heterocycles. The third-order valence-corrected chi connectivity index (χ3v) is 3.81. The fourth-order valence-corrected chi connectivity index (χ4v) is 2.94. The smallest absolute Gasteiger partial charge is 0.0181 e. The van der Waals surface area contributed by atoms with Crippen LogP contribution in [0.3, 0.4) is 0 Å². The van der Waals surface area contributed by atoms with Gasteiger partial charge in [0, 0.05) is 4.47 Å². The lowest BCUT2D eigenvalue weighted by atomic mass is 9.88. The summed E-state index contributed by atoms with van der Waals surface area (Å²) < 4.78 is 1.17. The minimum absolute atomic E-state index is 1.17. The zero-order valence-electron chi connectivity index (χ0n) is 8.59. The molecule has 1 aliphatic rings. The first-order valence-corrected chi connectivity index (χ1v) is 6.34. The number of halogens is 1. The van der Waals surface area contributed by atoms with Gasteiger partial charge in [-0.15, -0.1) is 0 Å². The lowest BCUT2D eigenvalue weighted by molar-refractivity contribution is 0.690. The normalized spacial score (nSPS) is 15.3. The van der Waals surface area contributed by atoms with Gasteiger partial charge in [-0.3, -0.25) is 0 Å². The molecule has 0 nitrogen and oxygen atoms in total. The fourth-order valence-electron chi connectivity index (χ4n) is 2.56. The number of rotatable bonds is 0. The number of hydrogen-bond donors (Lipinski definition) is 0. The third kappa shape index (κ3) is 1.59. The first-order valence-electron chi connectivity index (χ1n) is 5.54. The Hall–Kier alpha value is -0.820. The van der Waals surface area contributed by atoms with Gasteiger partial charge in [0.2, 0.25) is 0 Å². The van der Waals surface area contributed by atoms with Crippen molar-refractivity contribution in [1.82, 2.24) is 0 Å². The molecule has 0 spiro atoms. The van der Waals surface area contributed by atoms with E-state index in [4.69, 9.17) is 0 Å². The molecule has 1 heteroatoms. The number of aryl methyl sites for hydroxylation is 2. The second kappa shape index (κ2) is 3.64. The van der Waals surface area contributed by atoms with E-state index in [0.717, 1.165) is 0 Å². The van der Waals surface area contributed by atoms with Crippen molar-refractivity contribution in [1.29, 1.82) is 0 Å². The summed E-state index contributed by atoms with van der Waals surface area (Å²) in [4.78, 5) is 0. The summed E-state index contributed by atoms with van der Waals surface area (Å²) in [6.45, 7) is 0. The molecule has 0 aromatic heterocycles. The van der Waals surface area contributed by atoms with Gasteiger partial charge in [-0.1, -0.05) is 34.1 Å². The topological polar surface area (TPSA) is 0 Å². The van der Waals surface area contributed by atoms with Crippen LogP contribution in [0.5, 0.6) is 0 Å². The Morgan fingerprint density at radius 1 is 0.933 bits per heavy atom. The number of hydrogen-bond acceptors (Lipinski definition) is 0. The average Bonchev–Trinajstić information content (AvgIpc) is 2.28. The van der Waals surface area contributed by atoms with Gasteiger partial charge in [0.05, 0.1) is 0 Å². The van der Waals surface area contributed by atoms with Gasteiger partial charge in [-0.25, -0.2) is 0 Å². The van der Waals surface area contributed by atoms with E-state index in [1.54, 1.807) is 11.1 Å². The largest absolute Gasteiger partial charge is 0.0581 e. The quantitative estimate of drug-likeness (QED) is 0.655. The van der Waals surface area contributed by atoms with Crippen LogP contribution in [0.15, 0.2) is 34.8 Å². The van der Waals surface area contributed by atoms with Crippen LogP contribution in [0.1, 0.15) is 24.0 Å². The maximum absolute atomic E-state index is 3.53. The maximum atomic E-state index is 3.53. The van der Waals surface area contributed by atoms with Crippen LogP contribution in [0.25, 0.3) is 10.8 Å². The van der Waals surface area contributed by atoms with Crippen LogP contribution in [-0.2, 0) is 12.8 Å². The van der Waals surface area contributed by atoms with Crippen LogP contribution in [0.2, 0.25) is 0 Å². The fraction of sp³-hybridized carbons (Fsp3) is 0.286. The van der Waals surface area contributed by atoms with E-state index >= 15 is 0 Å². The Kier molecular flexibility index (Phi) is 2.28. The lowest BCUT2D eigenvalue weighted by Crippen LogP contribution is -2.02. The summed E-state index contributed by atoms with van der Waals surface area (Å²) in [5, 5.41) is 2.82. The molecule has 0 heterocycles. The van der Waals surface area contributed by atoms with Gasteiger partial charge in [0.15, 0.2) is 0 Å². The second-order valence-electron chi connectivity index (χ2n) is 4.28. The highest BCUT2D eigenvalue weighted by molar-refractivity contribution is 9.10. The van der Waals surface area contributed by atoms with Gasteiger partial charge in [0.25, 0.3) is 0 Å². The van der Waals surface area contributed by atoms with Crippen LogP contribution in [0.4, 0.5) is 0 Å². The van der Waals surface area contributed by atoms with E-state index < -0.39 is 0 Å². The summed E-state index contributed by atoms with van der Waals surface area (Å²) in [6, 6.07) is 11.2. The molecular formula is C14H13Br. The van der Waals surface area contributed by atoms with Gasteiger partial charge < -0.3 is 0 Å². The van der Waals surface area contributed by atoms with Crippen molar-refractivity contribution in [3.8, 4) is 0 Å². The molecule has 0 radical (unpaired) electrons. The molecule has 2 aromatic rings. The summed E-state index contributed by atoms with van der Waals surface area (Å²) in [5.74, 6) is 0. The van der Waals surface area contributed by atoms with E-state index in [1.165, 1.54) is 40.9 Å². The highest BCUT2D eigenvalue weighted by Crippen LogP contribution is 2.30. The van der Waals surface area contributed by atoms with E-state index in [-0.39, 0.29) is 0 Å². The minimum Gasteiger partial charge on any atom is -0.0581 e. The van der Waals surface area contributed by atoms with Crippen LogP contribution < -0.4 is 0 Å². The first-order chi connectivity index (χ1) is 7.34. The molecule has 15 heavy (non-hydrogen) atoms. The summed E-state index contributed by atoms with van der Waals surface area (Å²) >= 11 is 3.53. The SMILES string of the molecule is Brc1ccc2c3c(ccc2c1)CCCC3. The van der Waals surface area contributed by atoms with Gasteiger partial charge in [-0.05, 0) is 59.7 Å². The van der Waals surface area contributed by atoms with E-state index in [9.17, 15) is 0 Å². The third-order valence-electron chi connectivity index (χ3n) is 3.31. The Bertz CT molecular complexity index is 514. The molecule has 0 bridgehead atoms. The highest BCUT2D eigenvalue weighted by atomic mass is 79.9. The summed E-state index contributed by atoms with van der Waals surface area (Å²) in [5.41, 5.74) is 3.15. The first kappa shape index (κ1) is 9.41. The van der Waals surface area contributed by atoms with Crippen molar-refractivity contribution in [3.63, 3.8) is 0 Å². The molecule has 0 N–H and O–H groups in total.